The summed E-state index contributed by atoms with van der Waals surface area (Å²) in [6, 6.07) is 6.66. The van der Waals surface area contributed by atoms with Crippen LogP contribution in [0.2, 0.25) is 0 Å². The third-order valence-electron chi connectivity index (χ3n) is 3.77. The van der Waals surface area contributed by atoms with E-state index in [1.807, 2.05) is 17.0 Å². The quantitative estimate of drug-likeness (QED) is 0.876. The Kier molecular flexibility index (Phi) is 3.49. The van der Waals surface area contributed by atoms with Gasteiger partial charge in [-0.25, -0.2) is 4.98 Å². The van der Waals surface area contributed by atoms with Gasteiger partial charge in [-0.15, -0.1) is 0 Å². The summed E-state index contributed by atoms with van der Waals surface area (Å²) in [6.07, 6.45) is -4.43. The Morgan fingerprint density at radius 1 is 1.19 bits per heavy atom. The molecule has 2 aromatic rings. The molecule has 0 saturated carbocycles. The fourth-order valence-electron chi connectivity index (χ4n) is 2.69. The lowest BCUT2D eigenvalue weighted by Gasteiger charge is -2.31. The largest absolute Gasteiger partial charge is 0.433 e. The fraction of sp³-hybridized carbons (Fsp3) is 0.400. The maximum absolute atomic E-state index is 13.1. The topological polar surface area (TPSA) is 28.2 Å². The zero-order chi connectivity index (χ0) is 15.0. The van der Waals surface area contributed by atoms with E-state index >= 15 is 0 Å². The van der Waals surface area contributed by atoms with Crippen molar-refractivity contribution in [2.24, 2.45) is 0 Å². The molecule has 1 fully saturated rings. The van der Waals surface area contributed by atoms with Crippen LogP contribution < -0.4 is 10.2 Å². The number of alkyl halides is 3. The van der Waals surface area contributed by atoms with Crippen molar-refractivity contribution < 1.29 is 13.2 Å². The molecule has 6 heteroatoms. The Hall–Kier alpha value is -1.82. The zero-order valence-corrected chi connectivity index (χ0v) is 11.7. The van der Waals surface area contributed by atoms with E-state index in [0.29, 0.717) is 24.3 Å². The van der Waals surface area contributed by atoms with Gasteiger partial charge in [0.25, 0.3) is 0 Å². The van der Waals surface area contributed by atoms with Gasteiger partial charge >= 0.3 is 6.18 Å². The highest BCUT2D eigenvalue weighted by Gasteiger charge is 2.34. The lowest BCUT2D eigenvalue weighted by atomic mass is 10.1. The number of aromatic nitrogens is 1. The minimum Gasteiger partial charge on any atom is -0.368 e. The standard InChI is InChI=1S/C15H16F3N3/c1-10-3-2-4-11-12(21-7-5-19-6-8-21)9-13(15(16,17)18)20-14(10)11/h2-4,9,19H,5-8H2,1H3. The van der Waals surface area contributed by atoms with Crippen molar-refractivity contribution in [2.45, 2.75) is 13.1 Å². The lowest BCUT2D eigenvalue weighted by Crippen LogP contribution is -2.43. The summed E-state index contributed by atoms with van der Waals surface area (Å²) < 4.78 is 39.3. The van der Waals surface area contributed by atoms with Crippen molar-refractivity contribution in [1.29, 1.82) is 0 Å². The Morgan fingerprint density at radius 3 is 2.57 bits per heavy atom. The van der Waals surface area contributed by atoms with Gasteiger partial charge in [-0.2, -0.15) is 13.2 Å². The number of hydrogen-bond acceptors (Lipinski definition) is 3. The van der Waals surface area contributed by atoms with Gasteiger partial charge in [0, 0.05) is 37.3 Å². The van der Waals surface area contributed by atoms with Crippen molar-refractivity contribution in [3.05, 3.63) is 35.5 Å². The van der Waals surface area contributed by atoms with E-state index in [-0.39, 0.29) is 0 Å². The number of halogens is 3. The second-order valence-corrected chi connectivity index (χ2v) is 5.23. The smallest absolute Gasteiger partial charge is 0.368 e. The Morgan fingerprint density at radius 2 is 1.90 bits per heavy atom. The highest BCUT2D eigenvalue weighted by molar-refractivity contribution is 5.94. The number of fused-ring (bicyclic) bond motifs is 1. The van der Waals surface area contributed by atoms with Crippen molar-refractivity contribution in [1.82, 2.24) is 10.3 Å². The highest BCUT2D eigenvalue weighted by atomic mass is 19.4. The number of rotatable bonds is 1. The first-order valence-electron chi connectivity index (χ1n) is 6.90. The van der Waals surface area contributed by atoms with Crippen LogP contribution in [0.4, 0.5) is 18.9 Å². The van der Waals surface area contributed by atoms with Crippen molar-refractivity contribution in [3.8, 4) is 0 Å². The monoisotopic (exact) mass is 295 g/mol. The van der Waals surface area contributed by atoms with Gasteiger partial charge in [-0.1, -0.05) is 18.2 Å². The van der Waals surface area contributed by atoms with Crippen LogP contribution >= 0.6 is 0 Å². The molecule has 0 aliphatic carbocycles. The molecule has 3 rings (SSSR count). The van der Waals surface area contributed by atoms with Crippen LogP contribution in [0.3, 0.4) is 0 Å². The fourth-order valence-corrected chi connectivity index (χ4v) is 2.69. The molecular formula is C15H16F3N3. The van der Waals surface area contributed by atoms with E-state index in [2.05, 4.69) is 10.3 Å². The number of para-hydroxylation sites is 1. The van der Waals surface area contributed by atoms with Crippen LogP contribution in [-0.2, 0) is 6.18 Å². The van der Waals surface area contributed by atoms with Crippen LogP contribution in [-0.4, -0.2) is 31.2 Å². The third kappa shape index (κ3) is 2.68. The SMILES string of the molecule is Cc1cccc2c(N3CCNCC3)cc(C(F)(F)F)nc12. The summed E-state index contributed by atoms with van der Waals surface area (Å²) in [7, 11) is 0. The normalized spacial score (nSPS) is 16.5. The second kappa shape index (κ2) is 5.18. The van der Waals surface area contributed by atoms with Crippen LogP contribution in [0.15, 0.2) is 24.3 Å². The predicted molar refractivity (Wildman–Crippen MR) is 76.6 cm³/mol. The van der Waals surface area contributed by atoms with Gasteiger partial charge in [0.2, 0.25) is 0 Å². The maximum Gasteiger partial charge on any atom is 0.433 e. The number of aryl methyl sites for hydroxylation is 1. The predicted octanol–water partition coefficient (Wildman–Crippen LogP) is 2.97. The zero-order valence-electron chi connectivity index (χ0n) is 11.7. The third-order valence-corrected chi connectivity index (χ3v) is 3.77. The number of pyridine rings is 1. The molecule has 1 aliphatic rings. The molecule has 0 radical (unpaired) electrons. The van der Waals surface area contributed by atoms with Crippen LogP contribution in [0.25, 0.3) is 10.9 Å². The average Bonchev–Trinajstić information content (AvgIpc) is 2.47. The average molecular weight is 295 g/mol. The molecule has 3 nitrogen and oxygen atoms in total. The molecule has 1 aliphatic heterocycles. The van der Waals surface area contributed by atoms with E-state index in [4.69, 9.17) is 0 Å². The van der Waals surface area contributed by atoms with Crippen molar-refractivity contribution in [2.75, 3.05) is 31.1 Å². The number of hydrogen-bond donors (Lipinski definition) is 1. The highest BCUT2D eigenvalue weighted by Crippen LogP contribution is 2.35. The van der Waals surface area contributed by atoms with Crippen LogP contribution in [0.1, 0.15) is 11.3 Å². The molecule has 0 bridgehead atoms. The van der Waals surface area contributed by atoms with Gasteiger partial charge < -0.3 is 10.2 Å². The second-order valence-electron chi connectivity index (χ2n) is 5.23. The van der Waals surface area contributed by atoms with Gasteiger partial charge in [-0.05, 0) is 18.6 Å². The minimum absolute atomic E-state index is 0.431. The van der Waals surface area contributed by atoms with E-state index in [1.54, 1.807) is 13.0 Å². The molecule has 1 aromatic heterocycles. The minimum atomic E-state index is -4.43. The Balaban J connectivity index is 2.22. The summed E-state index contributed by atoms with van der Waals surface area (Å²) in [4.78, 5) is 5.83. The number of nitrogens with one attached hydrogen (secondary N) is 1. The van der Waals surface area contributed by atoms with Crippen molar-refractivity contribution >= 4 is 16.6 Å². The Bertz CT molecular complexity index is 661. The molecule has 1 N–H and O–H groups in total. The van der Waals surface area contributed by atoms with E-state index in [1.165, 1.54) is 6.07 Å². The first kappa shape index (κ1) is 14.1. The molecule has 0 unspecified atom stereocenters. The number of anilines is 1. The Labute approximate surface area is 120 Å². The molecule has 1 saturated heterocycles. The van der Waals surface area contributed by atoms with E-state index in [9.17, 15) is 13.2 Å². The maximum atomic E-state index is 13.1. The summed E-state index contributed by atoms with van der Waals surface area (Å²) >= 11 is 0. The molecule has 21 heavy (non-hydrogen) atoms. The van der Waals surface area contributed by atoms with Gasteiger partial charge in [-0.3, -0.25) is 0 Å². The van der Waals surface area contributed by atoms with Gasteiger partial charge in [0.05, 0.1) is 5.52 Å². The van der Waals surface area contributed by atoms with E-state index < -0.39 is 11.9 Å². The van der Waals surface area contributed by atoms with E-state index in [0.717, 1.165) is 24.0 Å². The van der Waals surface area contributed by atoms with Gasteiger partial charge in [0.15, 0.2) is 0 Å². The molecule has 0 spiro atoms. The van der Waals surface area contributed by atoms with Crippen LogP contribution in [0.5, 0.6) is 0 Å². The first-order valence-corrected chi connectivity index (χ1v) is 6.90. The van der Waals surface area contributed by atoms with Crippen molar-refractivity contribution in [3.63, 3.8) is 0 Å². The first-order chi connectivity index (χ1) is 9.97. The number of benzene rings is 1. The summed E-state index contributed by atoms with van der Waals surface area (Å²) in [6.45, 7) is 4.74. The molecular weight excluding hydrogens is 279 g/mol. The molecule has 112 valence electrons. The summed E-state index contributed by atoms with van der Waals surface area (Å²) in [5, 5.41) is 3.99. The number of nitrogens with zero attached hydrogens (tertiary/aromatic N) is 2. The molecule has 1 aromatic carbocycles. The summed E-state index contributed by atoms with van der Waals surface area (Å²) in [5.74, 6) is 0. The van der Waals surface area contributed by atoms with Crippen LogP contribution in [0, 0.1) is 6.92 Å². The molecule has 0 atom stereocenters. The molecule has 0 amide bonds. The molecule has 2 heterocycles. The number of piperazine rings is 1. The summed E-state index contributed by atoms with van der Waals surface area (Å²) in [5.41, 5.74) is 0.992. The lowest BCUT2D eigenvalue weighted by molar-refractivity contribution is -0.140. The van der Waals surface area contributed by atoms with Gasteiger partial charge in [0.1, 0.15) is 5.69 Å².